The normalized spacial score (nSPS) is 10.7. The van der Waals surface area contributed by atoms with E-state index in [-0.39, 0.29) is 11.7 Å². The first kappa shape index (κ1) is 19.6. The van der Waals surface area contributed by atoms with Gasteiger partial charge in [-0.2, -0.15) is 0 Å². The molecule has 4 rings (SSSR count). The Morgan fingerprint density at radius 3 is 2.87 bits per heavy atom. The first-order valence-electron chi connectivity index (χ1n) is 9.34. The number of rotatable bonds is 5. The van der Waals surface area contributed by atoms with Crippen molar-refractivity contribution >= 4 is 33.3 Å². The molecule has 0 aliphatic carbocycles. The molecule has 7 heteroatoms. The number of aromatic nitrogens is 3. The smallest absolute Gasteiger partial charge is 0.255 e. The molecule has 1 amide bonds. The predicted octanol–water partition coefficient (Wildman–Crippen LogP) is 3.63. The van der Waals surface area contributed by atoms with Crippen molar-refractivity contribution in [2.75, 3.05) is 19.3 Å². The summed E-state index contributed by atoms with van der Waals surface area (Å²) in [6, 6.07) is 13.3. The standard InChI is InChI=1S/C23H19N5OS/c1-3-15-7-6-8-16(13-15)10-12-28(2)23(29)17-14-30-22-19(17)20(24)26-21(27-22)18-9-4-5-11-25-18/h1,4-9,11,13-14H,10,12H2,2H3,(H2,24,26,27). The highest BCUT2D eigenvalue weighted by Crippen LogP contribution is 2.31. The molecule has 3 aromatic heterocycles. The van der Waals surface area contributed by atoms with E-state index in [1.807, 2.05) is 42.5 Å². The Balaban J connectivity index is 1.56. The lowest BCUT2D eigenvalue weighted by molar-refractivity contribution is 0.0799. The minimum absolute atomic E-state index is 0.116. The summed E-state index contributed by atoms with van der Waals surface area (Å²) in [4.78, 5) is 28.6. The van der Waals surface area contributed by atoms with Gasteiger partial charge in [0.05, 0.1) is 10.9 Å². The first-order valence-corrected chi connectivity index (χ1v) is 10.2. The lowest BCUT2D eigenvalue weighted by atomic mass is 10.1. The van der Waals surface area contributed by atoms with Crippen LogP contribution in [0.25, 0.3) is 21.7 Å². The molecule has 30 heavy (non-hydrogen) atoms. The molecule has 0 aliphatic rings. The highest BCUT2D eigenvalue weighted by molar-refractivity contribution is 7.17. The Labute approximate surface area is 178 Å². The molecule has 4 aromatic rings. The maximum absolute atomic E-state index is 13.0. The van der Waals surface area contributed by atoms with Gasteiger partial charge >= 0.3 is 0 Å². The fourth-order valence-electron chi connectivity index (χ4n) is 3.16. The number of benzene rings is 1. The number of carbonyl (C=O) groups excluding carboxylic acids is 1. The SMILES string of the molecule is C#Cc1cccc(CCN(C)C(=O)c2csc3nc(-c4ccccn4)nc(N)c23)c1. The molecule has 0 radical (unpaired) electrons. The molecular formula is C23H19N5OS. The predicted molar refractivity (Wildman–Crippen MR) is 120 cm³/mol. The number of hydrogen-bond acceptors (Lipinski definition) is 6. The molecule has 148 valence electrons. The van der Waals surface area contributed by atoms with E-state index in [4.69, 9.17) is 12.2 Å². The minimum atomic E-state index is -0.116. The second-order valence-corrected chi connectivity index (χ2v) is 7.66. The van der Waals surface area contributed by atoms with Crippen LogP contribution in [0, 0.1) is 12.3 Å². The third-order valence-electron chi connectivity index (χ3n) is 4.76. The van der Waals surface area contributed by atoms with Crippen molar-refractivity contribution in [1.82, 2.24) is 19.9 Å². The summed E-state index contributed by atoms with van der Waals surface area (Å²) in [7, 11) is 1.77. The van der Waals surface area contributed by atoms with Gasteiger partial charge in [-0.1, -0.05) is 24.1 Å². The van der Waals surface area contributed by atoms with Gasteiger partial charge in [-0.15, -0.1) is 17.8 Å². The Bertz CT molecular complexity index is 1260. The highest BCUT2D eigenvalue weighted by atomic mass is 32.1. The lowest BCUT2D eigenvalue weighted by Gasteiger charge is -2.17. The van der Waals surface area contributed by atoms with E-state index in [2.05, 4.69) is 20.9 Å². The summed E-state index contributed by atoms with van der Waals surface area (Å²) < 4.78 is 0. The van der Waals surface area contributed by atoms with Gasteiger partial charge in [-0.3, -0.25) is 9.78 Å². The summed E-state index contributed by atoms with van der Waals surface area (Å²) in [5, 5.41) is 2.38. The number of likely N-dealkylation sites (N-methyl/N-ethyl adjacent to an activating group) is 1. The van der Waals surface area contributed by atoms with Gasteiger partial charge in [0.15, 0.2) is 5.82 Å². The first-order chi connectivity index (χ1) is 14.6. The number of nitrogen functional groups attached to an aromatic ring is 1. The third-order valence-corrected chi connectivity index (χ3v) is 5.63. The molecule has 3 heterocycles. The number of pyridine rings is 1. The average molecular weight is 414 g/mol. The number of anilines is 1. The van der Waals surface area contributed by atoms with Gasteiger partial charge in [0, 0.05) is 30.7 Å². The average Bonchev–Trinajstić information content (AvgIpc) is 3.22. The van der Waals surface area contributed by atoms with Crippen LogP contribution in [-0.2, 0) is 6.42 Å². The Morgan fingerprint density at radius 1 is 1.23 bits per heavy atom. The fraction of sp³-hybridized carbons (Fsp3) is 0.130. The van der Waals surface area contributed by atoms with Gasteiger partial charge in [0.2, 0.25) is 0 Å². The van der Waals surface area contributed by atoms with Crippen molar-refractivity contribution in [3.63, 3.8) is 0 Å². The number of terminal acetylenes is 1. The van der Waals surface area contributed by atoms with Gasteiger partial charge in [-0.05, 0) is 36.2 Å². The van der Waals surface area contributed by atoms with Crippen molar-refractivity contribution in [3.05, 3.63) is 70.7 Å². The molecule has 0 aliphatic heterocycles. The minimum Gasteiger partial charge on any atom is -0.383 e. The molecule has 2 N–H and O–H groups in total. The molecular weight excluding hydrogens is 394 g/mol. The number of hydrogen-bond donors (Lipinski definition) is 1. The summed E-state index contributed by atoms with van der Waals surface area (Å²) in [5.74, 6) is 3.24. The lowest BCUT2D eigenvalue weighted by Crippen LogP contribution is -2.28. The molecule has 1 aromatic carbocycles. The maximum atomic E-state index is 13.0. The summed E-state index contributed by atoms with van der Waals surface area (Å²) >= 11 is 1.37. The second-order valence-electron chi connectivity index (χ2n) is 6.80. The van der Waals surface area contributed by atoms with Crippen LogP contribution in [0.5, 0.6) is 0 Å². The third kappa shape index (κ3) is 3.86. The second kappa shape index (κ2) is 8.31. The number of nitrogens with zero attached hydrogens (tertiary/aromatic N) is 4. The molecule has 0 unspecified atom stereocenters. The van der Waals surface area contributed by atoms with E-state index in [0.29, 0.717) is 40.3 Å². The number of nitrogens with two attached hydrogens (primary N) is 1. The maximum Gasteiger partial charge on any atom is 0.255 e. The summed E-state index contributed by atoms with van der Waals surface area (Å²) in [6.07, 6.45) is 7.84. The molecule has 6 nitrogen and oxygen atoms in total. The van der Waals surface area contributed by atoms with Crippen LogP contribution in [0.1, 0.15) is 21.5 Å². The summed E-state index contributed by atoms with van der Waals surface area (Å²) in [5.41, 5.74) is 9.28. The number of amides is 1. The number of fused-ring (bicyclic) bond motifs is 1. The van der Waals surface area contributed by atoms with Crippen molar-refractivity contribution in [2.45, 2.75) is 6.42 Å². The molecule has 0 saturated heterocycles. The molecule has 0 saturated carbocycles. The van der Waals surface area contributed by atoms with Gasteiger partial charge in [-0.25, -0.2) is 9.97 Å². The Morgan fingerprint density at radius 2 is 2.10 bits per heavy atom. The Hall–Kier alpha value is -3.76. The molecule has 0 bridgehead atoms. The molecule has 0 atom stereocenters. The van der Waals surface area contributed by atoms with Crippen molar-refractivity contribution in [1.29, 1.82) is 0 Å². The van der Waals surface area contributed by atoms with E-state index < -0.39 is 0 Å². The van der Waals surface area contributed by atoms with Crippen LogP contribution in [0.4, 0.5) is 5.82 Å². The zero-order valence-corrected chi connectivity index (χ0v) is 17.2. The van der Waals surface area contributed by atoms with E-state index >= 15 is 0 Å². The zero-order valence-electron chi connectivity index (χ0n) is 16.4. The van der Waals surface area contributed by atoms with Gasteiger partial charge < -0.3 is 10.6 Å². The number of thiophene rings is 1. The van der Waals surface area contributed by atoms with Crippen molar-refractivity contribution in [2.24, 2.45) is 0 Å². The van der Waals surface area contributed by atoms with Crippen LogP contribution in [0.3, 0.4) is 0 Å². The van der Waals surface area contributed by atoms with E-state index in [1.54, 1.807) is 23.5 Å². The topological polar surface area (TPSA) is 85.0 Å². The monoisotopic (exact) mass is 413 g/mol. The van der Waals surface area contributed by atoms with Crippen LogP contribution in [0.15, 0.2) is 54.0 Å². The molecule has 0 fully saturated rings. The van der Waals surface area contributed by atoms with Crippen LogP contribution >= 0.6 is 11.3 Å². The highest BCUT2D eigenvalue weighted by Gasteiger charge is 2.21. The van der Waals surface area contributed by atoms with Gasteiger partial charge in [0.1, 0.15) is 16.3 Å². The van der Waals surface area contributed by atoms with E-state index in [0.717, 1.165) is 11.1 Å². The number of carbonyl (C=O) groups is 1. The zero-order chi connectivity index (χ0) is 21.1. The Kier molecular flexibility index (Phi) is 5.42. The largest absolute Gasteiger partial charge is 0.383 e. The van der Waals surface area contributed by atoms with Crippen LogP contribution < -0.4 is 5.73 Å². The summed E-state index contributed by atoms with van der Waals surface area (Å²) in [6.45, 7) is 0.553. The van der Waals surface area contributed by atoms with Crippen LogP contribution in [-0.4, -0.2) is 39.4 Å². The van der Waals surface area contributed by atoms with Crippen LogP contribution in [0.2, 0.25) is 0 Å². The van der Waals surface area contributed by atoms with Crippen molar-refractivity contribution in [3.8, 4) is 23.9 Å². The fourth-order valence-corrected chi connectivity index (χ4v) is 4.08. The van der Waals surface area contributed by atoms with Crippen molar-refractivity contribution < 1.29 is 4.79 Å². The van der Waals surface area contributed by atoms with Gasteiger partial charge in [0.25, 0.3) is 5.91 Å². The quantitative estimate of drug-likeness (QED) is 0.505. The van der Waals surface area contributed by atoms with E-state index in [1.165, 1.54) is 11.3 Å². The molecule has 0 spiro atoms. The van der Waals surface area contributed by atoms with E-state index in [9.17, 15) is 4.79 Å².